The molecule has 23 heavy (non-hydrogen) atoms. The van der Waals surface area contributed by atoms with E-state index in [0.29, 0.717) is 23.1 Å². The number of benzene rings is 1. The van der Waals surface area contributed by atoms with Gasteiger partial charge in [-0.2, -0.15) is 0 Å². The van der Waals surface area contributed by atoms with Crippen molar-refractivity contribution in [2.45, 2.75) is 19.8 Å². The fourth-order valence-electron chi connectivity index (χ4n) is 2.57. The lowest BCUT2D eigenvalue weighted by Gasteiger charge is -2.29. The Balaban J connectivity index is 1.64. The van der Waals surface area contributed by atoms with Gasteiger partial charge < -0.3 is 10.2 Å². The van der Waals surface area contributed by atoms with E-state index in [1.54, 1.807) is 24.3 Å². The molecule has 1 amide bonds. The first-order valence-corrected chi connectivity index (χ1v) is 7.77. The molecule has 1 aliphatic heterocycles. The molecule has 6 heteroatoms. The highest BCUT2D eigenvalue weighted by Crippen LogP contribution is 2.18. The molecule has 0 atom stereocenters. The van der Waals surface area contributed by atoms with Gasteiger partial charge in [-0.25, -0.2) is 4.39 Å². The van der Waals surface area contributed by atoms with E-state index >= 15 is 0 Å². The van der Waals surface area contributed by atoms with Crippen molar-refractivity contribution in [1.82, 2.24) is 15.1 Å². The summed E-state index contributed by atoms with van der Waals surface area (Å²) in [6.45, 7) is 3.76. The van der Waals surface area contributed by atoms with Gasteiger partial charge in [0.15, 0.2) is 11.5 Å². The molecule has 0 unspecified atom stereocenters. The zero-order valence-electron chi connectivity index (χ0n) is 13.0. The van der Waals surface area contributed by atoms with Crippen LogP contribution in [0.4, 0.5) is 15.9 Å². The molecule has 0 radical (unpaired) electrons. The molecular weight excluding hydrogens is 295 g/mol. The maximum absolute atomic E-state index is 12.9. The van der Waals surface area contributed by atoms with Crippen molar-refractivity contribution in [2.75, 3.05) is 18.4 Å². The Morgan fingerprint density at radius 2 is 1.83 bits per heavy atom. The van der Waals surface area contributed by atoms with E-state index in [9.17, 15) is 9.18 Å². The number of nitrogens with zero attached hydrogens (tertiary/aromatic N) is 3. The summed E-state index contributed by atoms with van der Waals surface area (Å²) in [7, 11) is 0. The summed E-state index contributed by atoms with van der Waals surface area (Å²) in [6, 6.07) is 9.33. The van der Waals surface area contributed by atoms with Crippen LogP contribution in [-0.2, 0) is 0 Å². The number of nitrogens with one attached hydrogen (secondary N) is 1. The molecular formula is C17H19FN4O. The average Bonchev–Trinajstić information content (AvgIpc) is 2.58. The molecule has 1 N–H and O–H groups in total. The number of carbonyl (C=O) groups is 1. The highest BCUT2D eigenvalue weighted by Gasteiger charge is 2.22. The van der Waals surface area contributed by atoms with Gasteiger partial charge in [0.2, 0.25) is 0 Å². The van der Waals surface area contributed by atoms with E-state index in [1.165, 1.54) is 12.1 Å². The monoisotopic (exact) mass is 314 g/mol. The molecule has 1 fully saturated rings. The Morgan fingerprint density at radius 3 is 2.43 bits per heavy atom. The van der Waals surface area contributed by atoms with Crippen LogP contribution in [0.3, 0.4) is 0 Å². The Kier molecular flexibility index (Phi) is 4.50. The van der Waals surface area contributed by atoms with Gasteiger partial charge in [0.1, 0.15) is 5.82 Å². The first kappa shape index (κ1) is 15.4. The van der Waals surface area contributed by atoms with Crippen LogP contribution in [0.1, 0.15) is 30.3 Å². The molecule has 1 aliphatic rings. The van der Waals surface area contributed by atoms with Crippen LogP contribution in [0.25, 0.3) is 0 Å². The number of hydrogen-bond donors (Lipinski definition) is 1. The Hall–Kier alpha value is -2.50. The van der Waals surface area contributed by atoms with E-state index in [2.05, 4.69) is 22.4 Å². The summed E-state index contributed by atoms with van der Waals surface area (Å²) in [5, 5.41) is 11.1. The molecule has 5 nitrogen and oxygen atoms in total. The van der Waals surface area contributed by atoms with Crippen LogP contribution >= 0.6 is 0 Å². The molecule has 0 saturated carbocycles. The Morgan fingerprint density at radius 1 is 1.13 bits per heavy atom. The third-order valence-electron chi connectivity index (χ3n) is 4.07. The number of aromatic nitrogens is 2. The number of rotatable bonds is 3. The Labute approximate surface area is 134 Å². The van der Waals surface area contributed by atoms with Crippen molar-refractivity contribution in [3.8, 4) is 0 Å². The van der Waals surface area contributed by atoms with E-state index in [-0.39, 0.29) is 11.7 Å². The second-order valence-electron chi connectivity index (χ2n) is 5.91. The third-order valence-corrected chi connectivity index (χ3v) is 4.07. The molecule has 0 aliphatic carbocycles. The summed E-state index contributed by atoms with van der Waals surface area (Å²) in [5.74, 6) is 0.823. The van der Waals surface area contributed by atoms with Gasteiger partial charge in [-0.1, -0.05) is 6.92 Å². The second-order valence-corrected chi connectivity index (χ2v) is 5.91. The summed E-state index contributed by atoms with van der Waals surface area (Å²) < 4.78 is 12.9. The standard InChI is InChI=1S/C17H19FN4O/c1-12-8-10-22(11-9-12)17(23)15-6-7-16(21-20-15)19-14-4-2-13(18)3-5-14/h2-7,12H,8-11H2,1H3,(H,19,21). The Bertz CT molecular complexity index is 664. The van der Waals surface area contributed by atoms with Crippen LogP contribution < -0.4 is 5.32 Å². The molecule has 1 aromatic carbocycles. The van der Waals surface area contributed by atoms with Crippen LogP contribution in [0.5, 0.6) is 0 Å². The quantitative estimate of drug-likeness (QED) is 0.945. The van der Waals surface area contributed by atoms with Crippen LogP contribution in [0, 0.1) is 11.7 Å². The minimum Gasteiger partial charge on any atom is -0.339 e. The normalized spacial score (nSPS) is 15.5. The summed E-state index contributed by atoms with van der Waals surface area (Å²) in [4.78, 5) is 14.2. The van der Waals surface area contributed by atoms with Crippen molar-refractivity contribution in [3.63, 3.8) is 0 Å². The minimum absolute atomic E-state index is 0.0715. The summed E-state index contributed by atoms with van der Waals surface area (Å²) in [6.07, 6.45) is 2.06. The minimum atomic E-state index is -0.293. The van der Waals surface area contributed by atoms with Crippen molar-refractivity contribution in [2.24, 2.45) is 5.92 Å². The zero-order chi connectivity index (χ0) is 16.2. The van der Waals surface area contributed by atoms with Gasteiger partial charge in [0.25, 0.3) is 5.91 Å². The van der Waals surface area contributed by atoms with Gasteiger partial charge in [0, 0.05) is 18.8 Å². The van der Waals surface area contributed by atoms with E-state index < -0.39 is 0 Å². The van der Waals surface area contributed by atoms with Crippen molar-refractivity contribution >= 4 is 17.4 Å². The number of piperidine rings is 1. The van der Waals surface area contributed by atoms with Crippen molar-refractivity contribution in [1.29, 1.82) is 0 Å². The molecule has 3 rings (SSSR count). The zero-order valence-corrected chi connectivity index (χ0v) is 13.0. The number of hydrogen-bond acceptors (Lipinski definition) is 4. The SMILES string of the molecule is CC1CCN(C(=O)c2ccc(Nc3ccc(F)cc3)nn2)CC1. The predicted molar refractivity (Wildman–Crippen MR) is 86.0 cm³/mol. The molecule has 1 aromatic heterocycles. The molecule has 2 aromatic rings. The van der Waals surface area contributed by atoms with Crippen molar-refractivity contribution < 1.29 is 9.18 Å². The summed E-state index contributed by atoms with van der Waals surface area (Å²) >= 11 is 0. The largest absolute Gasteiger partial charge is 0.339 e. The first-order valence-electron chi connectivity index (χ1n) is 7.77. The maximum Gasteiger partial charge on any atom is 0.274 e. The fraction of sp³-hybridized carbons (Fsp3) is 0.353. The lowest BCUT2D eigenvalue weighted by molar-refractivity contribution is 0.0690. The molecule has 0 bridgehead atoms. The van der Waals surface area contributed by atoms with Crippen LogP contribution in [0.15, 0.2) is 36.4 Å². The number of amides is 1. The van der Waals surface area contributed by atoms with Crippen molar-refractivity contribution in [3.05, 3.63) is 47.9 Å². The first-order chi connectivity index (χ1) is 11.1. The predicted octanol–water partition coefficient (Wildman–Crippen LogP) is 3.23. The topological polar surface area (TPSA) is 58.1 Å². The second kappa shape index (κ2) is 6.73. The van der Waals surface area contributed by atoms with E-state index in [1.807, 2.05) is 4.90 Å². The molecule has 0 spiro atoms. The number of halogens is 1. The third kappa shape index (κ3) is 3.83. The van der Waals surface area contributed by atoms with Gasteiger partial charge in [0.05, 0.1) is 0 Å². The smallest absolute Gasteiger partial charge is 0.274 e. The molecule has 120 valence electrons. The van der Waals surface area contributed by atoms with Crippen LogP contribution in [0.2, 0.25) is 0 Å². The number of likely N-dealkylation sites (tertiary alicyclic amines) is 1. The fourth-order valence-corrected chi connectivity index (χ4v) is 2.57. The lowest BCUT2D eigenvalue weighted by Crippen LogP contribution is -2.38. The molecule has 1 saturated heterocycles. The van der Waals surface area contributed by atoms with Gasteiger partial charge in [-0.3, -0.25) is 4.79 Å². The summed E-state index contributed by atoms with van der Waals surface area (Å²) in [5.41, 5.74) is 1.06. The highest BCUT2D eigenvalue weighted by molar-refractivity contribution is 5.92. The maximum atomic E-state index is 12.9. The van der Waals surface area contributed by atoms with Gasteiger partial charge >= 0.3 is 0 Å². The van der Waals surface area contributed by atoms with Gasteiger partial charge in [-0.15, -0.1) is 10.2 Å². The van der Waals surface area contributed by atoms with E-state index in [0.717, 1.165) is 25.9 Å². The van der Waals surface area contributed by atoms with E-state index in [4.69, 9.17) is 0 Å². The van der Waals surface area contributed by atoms with Gasteiger partial charge in [-0.05, 0) is 55.2 Å². The number of anilines is 2. The lowest BCUT2D eigenvalue weighted by atomic mass is 9.99. The average molecular weight is 314 g/mol. The molecule has 2 heterocycles. The highest BCUT2D eigenvalue weighted by atomic mass is 19.1. The van der Waals surface area contributed by atoms with Crippen LogP contribution in [-0.4, -0.2) is 34.1 Å². The number of carbonyl (C=O) groups excluding carboxylic acids is 1.